The van der Waals surface area contributed by atoms with Gasteiger partial charge in [0.25, 0.3) is 0 Å². The van der Waals surface area contributed by atoms with Gasteiger partial charge in [-0.2, -0.15) is 0 Å². The topological polar surface area (TPSA) is 58.1 Å². The van der Waals surface area contributed by atoms with E-state index in [2.05, 4.69) is 20.4 Å². The number of rotatable bonds is 5. The van der Waals surface area contributed by atoms with Crippen LogP contribution < -0.4 is 10.2 Å². The number of aromatic nitrogens is 2. The summed E-state index contributed by atoms with van der Waals surface area (Å²) in [6.07, 6.45) is 1.81. The summed E-state index contributed by atoms with van der Waals surface area (Å²) in [7, 11) is 0. The lowest BCUT2D eigenvalue weighted by Crippen LogP contribution is -2.43. The highest BCUT2D eigenvalue weighted by Crippen LogP contribution is 2.23. The molecule has 1 aromatic heterocycles. The van der Waals surface area contributed by atoms with Gasteiger partial charge < -0.3 is 10.2 Å². The Kier molecular flexibility index (Phi) is 5.79. The van der Waals surface area contributed by atoms with Crippen molar-refractivity contribution in [2.45, 2.75) is 19.4 Å². The van der Waals surface area contributed by atoms with Crippen molar-refractivity contribution in [2.24, 2.45) is 5.92 Å². The second-order valence-corrected chi connectivity index (χ2v) is 7.27. The van der Waals surface area contributed by atoms with E-state index >= 15 is 0 Å². The van der Waals surface area contributed by atoms with E-state index in [1.165, 1.54) is 12.1 Å². The molecule has 0 spiro atoms. The van der Waals surface area contributed by atoms with Gasteiger partial charge in [-0.25, -0.2) is 4.39 Å². The SMILES string of the molecule is O=C(NCc1ccccc1)[C@H]1CCCN(c2ccc(-c3ccc(F)cc3)nn2)C1. The maximum Gasteiger partial charge on any atom is 0.225 e. The summed E-state index contributed by atoms with van der Waals surface area (Å²) in [6, 6.07) is 19.9. The van der Waals surface area contributed by atoms with Gasteiger partial charge in [0.1, 0.15) is 5.82 Å². The Morgan fingerprint density at radius 1 is 1.03 bits per heavy atom. The smallest absolute Gasteiger partial charge is 0.225 e. The zero-order valence-electron chi connectivity index (χ0n) is 16.1. The summed E-state index contributed by atoms with van der Waals surface area (Å²) < 4.78 is 13.1. The first-order valence-corrected chi connectivity index (χ1v) is 9.85. The molecule has 0 saturated carbocycles. The van der Waals surface area contributed by atoms with Gasteiger partial charge in [-0.05, 0) is 54.8 Å². The lowest BCUT2D eigenvalue weighted by molar-refractivity contribution is -0.125. The van der Waals surface area contributed by atoms with Gasteiger partial charge in [0.15, 0.2) is 5.82 Å². The molecule has 1 aliphatic rings. The van der Waals surface area contributed by atoms with Gasteiger partial charge >= 0.3 is 0 Å². The summed E-state index contributed by atoms with van der Waals surface area (Å²) >= 11 is 0. The third-order valence-electron chi connectivity index (χ3n) is 5.22. The standard InChI is InChI=1S/C23H23FN4O/c24-20-10-8-18(9-11-20)21-12-13-22(27-26-21)28-14-4-7-19(16-28)23(29)25-15-17-5-2-1-3-6-17/h1-3,5-6,8-13,19H,4,7,14-16H2,(H,25,29)/t19-/m0/s1. The molecule has 1 N–H and O–H groups in total. The Balaban J connectivity index is 1.37. The van der Waals surface area contributed by atoms with Gasteiger partial charge in [0, 0.05) is 25.2 Å². The summed E-state index contributed by atoms with van der Waals surface area (Å²) in [5.41, 5.74) is 2.61. The Hall–Kier alpha value is -3.28. The normalized spacial score (nSPS) is 16.4. The molecule has 0 bridgehead atoms. The fourth-order valence-electron chi connectivity index (χ4n) is 3.60. The van der Waals surface area contributed by atoms with Crippen LogP contribution in [0.4, 0.5) is 10.2 Å². The van der Waals surface area contributed by atoms with Crippen LogP contribution in [-0.4, -0.2) is 29.2 Å². The van der Waals surface area contributed by atoms with E-state index in [4.69, 9.17) is 0 Å². The number of nitrogens with one attached hydrogen (secondary N) is 1. The summed E-state index contributed by atoms with van der Waals surface area (Å²) in [5.74, 6) is 0.500. The zero-order valence-corrected chi connectivity index (χ0v) is 16.1. The average molecular weight is 390 g/mol. The predicted molar refractivity (Wildman–Crippen MR) is 111 cm³/mol. The Morgan fingerprint density at radius 3 is 2.55 bits per heavy atom. The maximum absolute atomic E-state index is 13.1. The number of piperidine rings is 1. The van der Waals surface area contributed by atoms with Crippen molar-refractivity contribution < 1.29 is 9.18 Å². The highest BCUT2D eigenvalue weighted by atomic mass is 19.1. The fourth-order valence-corrected chi connectivity index (χ4v) is 3.60. The predicted octanol–water partition coefficient (Wildman–Crippen LogP) is 3.82. The van der Waals surface area contributed by atoms with Gasteiger partial charge in [-0.1, -0.05) is 30.3 Å². The van der Waals surface area contributed by atoms with Crippen molar-refractivity contribution in [3.8, 4) is 11.3 Å². The van der Waals surface area contributed by atoms with Gasteiger partial charge in [0.2, 0.25) is 5.91 Å². The number of hydrogen-bond acceptors (Lipinski definition) is 4. The minimum Gasteiger partial charge on any atom is -0.354 e. The molecule has 29 heavy (non-hydrogen) atoms. The molecule has 4 rings (SSSR count). The van der Waals surface area contributed by atoms with Gasteiger partial charge in [-0.3, -0.25) is 4.79 Å². The zero-order chi connectivity index (χ0) is 20.1. The molecule has 0 radical (unpaired) electrons. The number of nitrogens with zero attached hydrogens (tertiary/aromatic N) is 3. The molecule has 148 valence electrons. The van der Waals surface area contributed by atoms with Gasteiger partial charge in [-0.15, -0.1) is 10.2 Å². The van der Waals surface area contributed by atoms with Crippen molar-refractivity contribution in [1.82, 2.24) is 15.5 Å². The summed E-state index contributed by atoms with van der Waals surface area (Å²) in [6.45, 7) is 2.03. The molecule has 5 nitrogen and oxygen atoms in total. The highest BCUT2D eigenvalue weighted by molar-refractivity contribution is 5.79. The molecule has 1 fully saturated rings. The minimum absolute atomic E-state index is 0.0639. The first kappa shape index (κ1) is 19.1. The molecule has 0 unspecified atom stereocenters. The molecule has 0 aliphatic carbocycles. The summed E-state index contributed by atoms with van der Waals surface area (Å²) in [5, 5.41) is 11.7. The molecule has 1 amide bonds. The van der Waals surface area contributed by atoms with Gasteiger partial charge in [0.05, 0.1) is 11.6 Å². The molecule has 1 saturated heterocycles. The first-order chi connectivity index (χ1) is 14.2. The van der Waals surface area contributed by atoms with Crippen LogP contribution in [0.1, 0.15) is 18.4 Å². The molecule has 2 heterocycles. The first-order valence-electron chi connectivity index (χ1n) is 9.85. The van der Waals surface area contributed by atoms with Crippen LogP contribution in [0.2, 0.25) is 0 Å². The van der Waals surface area contributed by atoms with Crippen LogP contribution in [0.3, 0.4) is 0 Å². The number of carbonyl (C=O) groups excluding carboxylic acids is 1. The second-order valence-electron chi connectivity index (χ2n) is 7.27. The summed E-state index contributed by atoms with van der Waals surface area (Å²) in [4.78, 5) is 14.7. The van der Waals surface area contributed by atoms with E-state index in [-0.39, 0.29) is 17.6 Å². The van der Waals surface area contributed by atoms with Crippen molar-refractivity contribution in [3.63, 3.8) is 0 Å². The van der Waals surface area contributed by atoms with Crippen LogP contribution in [0, 0.1) is 11.7 Å². The fraction of sp³-hybridized carbons (Fsp3) is 0.261. The maximum atomic E-state index is 13.1. The molecular weight excluding hydrogens is 367 g/mol. The Morgan fingerprint density at radius 2 is 1.83 bits per heavy atom. The van der Waals surface area contributed by atoms with E-state index in [0.29, 0.717) is 18.8 Å². The van der Waals surface area contributed by atoms with E-state index < -0.39 is 0 Å². The van der Waals surface area contributed by atoms with E-state index in [1.54, 1.807) is 12.1 Å². The van der Waals surface area contributed by atoms with Crippen LogP contribution >= 0.6 is 0 Å². The number of carbonyl (C=O) groups is 1. The second kappa shape index (κ2) is 8.82. The molecule has 2 aromatic carbocycles. The minimum atomic E-state index is -0.275. The number of hydrogen-bond donors (Lipinski definition) is 1. The average Bonchev–Trinajstić information content (AvgIpc) is 2.79. The van der Waals surface area contributed by atoms with Crippen molar-refractivity contribution >= 4 is 11.7 Å². The number of benzene rings is 2. The molecule has 1 aliphatic heterocycles. The van der Waals surface area contributed by atoms with E-state index in [0.717, 1.165) is 36.3 Å². The van der Waals surface area contributed by atoms with Crippen LogP contribution in [-0.2, 0) is 11.3 Å². The Bertz CT molecular complexity index is 945. The quantitative estimate of drug-likeness (QED) is 0.720. The monoisotopic (exact) mass is 390 g/mol. The molecule has 3 aromatic rings. The number of anilines is 1. The molecule has 6 heteroatoms. The van der Waals surface area contributed by atoms with E-state index in [1.807, 2.05) is 42.5 Å². The number of halogens is 1. The van der Waals surface area contributed by atoms with E-state index in [9.17, 15) is 9.18 Å². The molecule has 1 atom stereocenters. The molecular formula is C23H23FN4O. The van der Waals surface area contributed by atoms with Crippen LogP contribution in [0.5, 0.6) is 0 Å². The number of amides is 1. The van der Waals surface area contributed by atoms with Crippen LogP contribution in [0.25, 0.3) is 11.3 Å². The lowest BCUT2D eigenvalue weighted by atomic mass is 9.97. The van der Waals surface area contributed by atoms with Crippen molar-refractivity contribution in [3.05, 3.63) is 78.1 Å². The largest absolute Gasteiger partial charge is 0.354 e. The Labute approximate surface area is 169 Å². The third kappa shape index (κ3) is 4.77. The lowest BCUT2D eigenvalue weighted by Gasteiger charge is -2.32. The van der Waals surface area contributed by atoms with Crippen molar-refractivity contribution in [1.29, 1.82) is 0 Å². The van der Waals surface area contributed by atoms with Crippen molar-refractivity contribution in [2.75, 3.05) is 18.0 Å². The van der Waals surface area contributed by atoms with Crippen LogP contribution in [0.15, 0.2) is 66.7 Å². The third-order valence-corrected chi connectivity index (χ3v) is 5.22. The highest BCUT2D eigenvalue weighted by Gasteiger charge is 2.26.